The fourth-order valence-electron chi connectivity index (χ4n) is 1.59. The molecule has 112 valence electrons. The SMILES string of the molecule is CCOC(=O)c1cc(CCCBr)ccc1SC(F)(F)F. The number of carbonyl (C=O) groups is 1. The van der Waals surface area contributed by atoms with Gasteiger partial charge in [0.2, 0.25) is 0 Å². The van der Waals surface area contributed by atoms with E-state index in [2.05, 4.69) is 15.9 Å². The lowest BCUT2D eigenvalue weighted by Gasteiger charge is -2.12. The molecule has 0 saturated heterocycles. The number of carbonyl (C=O) groups excluding carboxylic acids is 1. The van der Waals surface area contributed by atoms with Gasteiger partial charge in [0.1, 0.15) is 0 Å². The minimum Gasteiger partial charge on any atom is -0.462 e. The van der Waals surface area contributed by atoms with Gasteiger partial charge in [0.15, 0.2) is 0 Å². The number of alkyl halides is 4. The van der Waals surface area contributed by atoms with Crippen LogP contribution in [0.25, 0.3) is 0 Å². The molecular formula is C13H14BrF3O2S. The van der Waals surface area contributed by atoms with Crippen molar-refractivity contribution in [1.29, 1.82) is 0 Å². The minimum absolute atomic E-state index is 0.0266. The first-order valence-electron chi connectivity index (χ1n) is 5.99. The Morgan fingerprint density at radius 3 is 2.65 bits per heavy atom. The highest BCUT2D eigenvalue weighted by atomic mass is 79.9. The molecule has 1 aromatic carbocycles. The number of rotatable bonds is 6. The molecule has 2 nitrogen and oxygen atoms in total. The zero-order valence-corrected chi connectivity index (χ0v) is 13.2. The molecule has 1 rings (SSSR count). The predicted octanol–water partition coefficient (Wildman–Crippen LogP) is 4.80. The summed E-state index contributed by atoms with van der Waals surface area (Å²) in [6, 6.07) is 4.42. The maximum Gasteiger partial charge on any atom is 0.446 e. The molecule has 0 amide bonds. The van der Waals surface area contributed by atoms with Crippen molar-refractivity contribution in [3.8, 4) is 0 Å². The Morgan fingerprint density at radius 1 is 1.40 bits per heavy atom. The van der Waals surface area contributed by atoms with Gasteiger partial charge in [-0.1, -0.05) is 22.0 Å². The molecule has 0 aliphatic carbocycles. The second-order valence-electron chi connectivity index (χ2n) is 3.89. The van der Waals surface area contributed by atoms with E-state index in [0.29, 0.717) is 6.42 Å². The lowest BCUT2D eigenvalue weighted by atomic mass is 10.1. The summed E-state index contributed by atoms with van der Waals surface area (Å²) in [5.74, 6) is -0.722. The van der Waals surface area contributed by atoms with E-state index in [-0.39, 0.29) is 28.8 Å². The van der Waals surface area contributed by atoms with E-state index in [1.165, 1.54) is 12.1 Å². The van der Waals surface area contributed by atoms with Crippen LogP contribution in [-0.2, 0) is 11.2 Å². The maximum atomic E-state index is 12.5. The monoisotopic (exact) mass is 370 g/mol. The van der Waals surface area contributed by atoms with Crippen molar-refractivity contribution in [3.63, 3.8) is 0 Å². The molecule has 0 spiro atoms. The predicted molar refractivity (Wildman–Crippen MR) is 76.4 cm³/mol. The number of aryl methyl sites for hydroxylation is 1. The van der Waals surface area contributed by atoms with Crippen LogP contribution in [0.2, 0.25) is 0 Å². The Bertz CT molecular complexity index is 463. The highest BCUT2D eigenvalue weighted by Gasteiger charge is 2.31. The van der Waals surface area contributed by atoms with E-state index >= 15 is 0 Å². The van der Waals surface area contributed by atoms with Crippen LogP contribution in [0.15, 0.2) is 23.1 Å². The molecule has 0 aromatic heterocycles. The lowest BCUT2D eigenvalue weighted by molar-refractivity contribution is -0.0328. The fraction of sp³-hybridized carbons (Fsp3) is 0.462. The second-order valence-corrected chi connectivity index (χ2v) is 5.79. The highest BCUT2D eigenvalue weighted by molar-refractivity contribution is 9.09. The Kier molecular flexibility index (Phi) is 6.88. The summed E-state index contributed by atoms with van der Waals surface area (Å²) in [5.41, 5.74) is -3.64. The molecule has 0 saturated carbocycles. The molecule has 0 fully saturated rings. The standard InChI is InChI=1S/C13H14BrF3O2S/c1-2-19-12(18)10-8-9(4-3-7-14)5-6-11(10)20-13(15,16)17/h5-6,8H,2-4,7H2,1H3. The topological polar surface area (TPSA) is 26.3 Å². The van der Waals surface area contributed by atoms with Crippen LogP contribution in [0.5, 0.6) is 0 Å². The number of ether oxygens (including phenoxy) is 1. The summed E-state index contributed by atoms with van der Waals surface area (Å²) in [7, 11) is 0. The van der Waals surface area contributed by atoms with Gasteiger partial charge in [0.05, 0.1) is 12.2 Å². The largest absolute Gasteiger partial charge is 0.462 e. The van der Waals surface area contributed by atoms with E-state index in [9.17, 15) is 18.0 Å². The smallest absolute Gasteiger partial charge is 0.446 e. The average Bonchev–Trinajstić information content (AvgIpc) is 2.36. The molecule has 0 bridgehead atoms. The van der Waals surface area contributed by atoms with Gasteiger partial charge in [-0.15, -0.1) is 0 Å². The third-order valence-corrected chi connectivity index (χ3v) is 3.73. The molecule has 0 radical (unpaired) electrons. The summed E-state index contributed by atoms with van der Waals surface area (Å²) in [4.78, 5) is 11.6. The van der Waals surface area contributed by atoms with Crippen molar-refractivity contribution in [2.75, 3.05) is 11.9 Å². The molecular weight excluding hydrogens is 357 g/mol. The number of benzene rings is 1. The van der Waals surface area contributed by atoms with Gasteiger partial charge in [-0.05, 0) is 49.2 Å². The minimum atomic E-state index is -4.43. The van der Waals surface area contributed by atoms with Crippen LogP contribution in [0, 0.1) is 0 Å². The molecule has 0 aliphatic heterocycles. The Morgan fingerprint density at radius 2 is 2.10 bits per heavy atom. The van der Waals surface area contributed by atoms with Gasteiger partial charge >= 0.3 is 11.5 Å². The number of hydrogen-bond donors (Lipinski definition) is 0. The summed E-state index contributed by atoms with van der Waals surface area (Å²) in [5, 5.41) is 0.792. The third kappa shape index (κ3) is 5.75. The van der Waals surface area contributed by atoms with Crippen molar-refractivity contribution in [3.05, 3.63) is 29.3 Å². The van der Waals surface area contributed by atoms with Crippen molar-refractivity contribution in [2.24, 2.45) is 0 Å². The van der Waals surface area contributed by atoms with Crippen LogP contribution >= 0.6 is 27.7 Å². The third-order valence-electron chi connectivity index (χ3n) is 2.36. The first-order valence-corrected chi connectivity index (χ1v) is 7.93. The van der Waals surface area contributed by atoms with Crippen LogP contribution in [0.1, 0.15) is 29.3 Å². The zero-order chi connectivity index (χ0) is 15.2. The highest BCUT2D eigenvalue weighted by Crippen LogP contribution is 2.39. The molecule has 0 N–H and O–H groups in total. The molecule has 20 heavy (non-hydrogen) atoms. The van der Waals surface area contributed by atoms with Gasteiger partial charge in [-0.25, -0.2) is 4.79 Å². The summed E-state index contributed by atoms with van der Waals surface area (Å²) >= 11 is 2.99. The zero-order valence-electron chi connectivity index (χ0n) is 10.8. The Labute approximate surface area is 128 Å². The van der Waals surface area contributed by atoms with Crippen LogP contribution in [0.3, 0.4) is 0 Å². The summed E-state index contributed by atoms with van der Waals surface area (Å²) < 4.78 is 42.2. The van der Waals surface area contributed by atoms with E-state index in [1.807, 2.05) is 0 Å². The first-order chi connectivity index (χ1) is 9.37. The molecule has 0 unspecified atom stereocenters. The quantitative estimate of drug-likeness (QED) is 0.408. The van der Waals surface area contributed by atoms with Crippen LogP contribution in [-0.4, -0.2) is 23.4 Å². The van der Waals surface area contributed by atoms with E-state index in [4.69, 9.17) is 4.74 Å². The Balaban J connectivity index is 3.06. The van der Waals surface area contributed by atoms with Gasteiger partial charge in [0, 0.05) is 10.2 Å². The second kappa shape index (κ2) is 7.93. The summed E-state index contributed by atoms with van der Waals surface area (Å²) in [6.07, 6.45) is 1.53. The van der Waals surface area contributed by atoms with E-state index < -0.39 is 11.5 Å². The molecule has 0 heterocycles. The first kappa shape index (κ1) is 17.4. The van der Waals surface area contributed by atoms with E-state index in [0.717, 1.165) is 17.3 Å². The van der Waals surface area contributed by atoms with Gasteiger partial charge in [-0.2, -0.15) is 13.2 Å². The Hall–Kier alpha value is -0.690. The average molecular weight is 371 g/mol. The maximum absolute atomic E-state index is 12.5. The van der Waals surface area contributed by atoms with Crippen molar-refractivity contribution in [2.45, 2.75) is 30.2 Å². The molecule has 0 atom stereocenters. The van der Waals surface area contributed by atoms with Crippen molar-refractivity contribution >= 4 is 33.7 Å². The number of halogens is 4. The molecule has 0 aliphatic rings. The van der Waals surface area contributed by atoms with Gasteiger partial charge in [0.25, 0.3) is 0 Å². The van der Waals surface area contributed by atoms with Crippen molar-refractivity contribution in [1.82, 2.24) is 0 Å². The normalized spacial score (nSPS) is 11.4. The number of esters is 1. The summed E-state index contributed by atoms with van der Waals surface area (Å²) in [6.45, 7) is 1.74. The van der Waals surface area contributed by atoms with Crippen LogP contribution < -0.4 is 0 Å². The van der Waals surface area contributed by atoms with E-state index in [1.54, 1.807) is 13.0 Å². The molecule has 1 aromatic rings. The number of thioether (sulfide) groups is 1. The fourth-order valence-corrected chi connectivity index (χ4v) is 2.50. The lowest BCUT2D eigenvalue weighted by Crippen LogP contribution is -2.09. The van der Waals surface area contributed by atoms with Gasteiger partial charge < -0.3 is 4.74 Å². The van der Waals surface area contributed by atoms with Crippen molar-refractivity contribution < 1.29 is 22.7 Å². The number of hydrogen-bond acceptors (Lipinski definition) is 3. The van der Waals surface area contributed by atoms with Crippen LogP contribution in [0.4, 0.5) is 13.2 Å². The molecule has 7 heteroatoms. The van der Waals surface area contributed by atoms with Gasteiger partial charge in [-0.3, -0.25) is 0 Å².